The van der Waals surface area contributed by atoms with Gasteiger partial charge in [-0.15, -0.1) is 0 Å². The maximum Gasteiger partial charge on any atom is 0.255 e. The summed E-state index contributed by atoms with van der Waals surface area (Å²) in [6, 6.07) is 18.0. The Hall–Kier alpha value is -3.71. The Kier molecular flexibility index (Phi) is 8.97. The van der Waals surface area contributed by atoms with Gasteiger partial charge < -0.3 is 20.9 Å². The lowest BCUT2D eigenvalue weighted by Crippen LogP contribution is -2.29. The van der Waals surface area contributed by atoms with E-state index in [0.29, 0.717) is 23.4 Å². The number of benzene rings is 2. The zero-order chi connectivity index (χ0) is 23.5. The number of carbonyl (C=O) groups excluding carboxylic acids is 2. The fourth-order valence-electron chi connectivity index (χ4n) is 3.43. The van der Waals surface area contributed by atoms with E-state index < -0.39 is 0 Å². The van der Waals surface area contributed by atoms with Gasteiger partial charge in [0.05, 0.1) is 0 Å². The SMILES string of the molecule is CCN(CC)CCCNC(=O)c1cccc(Nc2cccc(C(=O)Nc3ccncc3)c2)c1. The lowest BCUT2D eigenvalue weighted by Gasteiger charge is -2.17. The van der Waals surface area contributed by atoms with Gasteiger partial charge in [0.1, 0.15) is 0 Å². The first-order valence-electron chi connectivity index (χ1n) is 11.3. The smallest absolute Gasteiger partial charge is 0.255 e. The highest BCUT2D eigenvalue weighted by atomic mass is 16.2. The Morgan fingerprint density at radius 2 is 1.42 bits per heavy atom. The number of nitrogens with zero attached hydrogens (tertiary/aromatic N) is 2. The Labute approximate surface area is 195 Å². The third kappa shape index (κ3) is 7.43. The minimum Gasteiger partial charge on any atom is -0.355 e. The van der Waals surface area contributed by atoms with Crippen molar-refractivity contribution in [3.63, 3.8) is 0 Å². The van der Waals surface area contributed by atoms with Crippen LogP contribution in [-0.2, 0) is 0 Å². The van der Waals surface area contributed by atoms with E-state index >= 15 is 0 Å². The first kappa shape index (κ1) is 23.9. The molecule has 1 heterocycles. The number of pyridine rings is 1. The minimum atomic E-state index is -0.206. The molecule has 2 aromatic carbocycles. The molecule has 0 bridgehead atoms. The van der Waals surface area contributed by atoms with Crippen LogP contribution in [0.15, 0.2) is 73.1 Å². The van der Waals surface area contributed by atoms with E-state index in [9.17, 15) is 9.59 Å². The molecule has 0 aliphatic carbocycles. The molecule has 0 fully saturated rings. The number of rotatable bonds is 11. The standard InChI is InChI=1S/C26H31N5O2/c1-3-31(4-2)17-7-14-28-25(32)20-8-5-10-23(18-20)29-24-11-6-9-21(19-24)26(33)30-22-12-15-27-16-13-22/h5-6,8-13,15-16,18-19,29H,3-4,7,14,17H2,1-2H3,(H,28,32)(H,27,30,33). The van der Waals surface area contributed by atoms with Crippen LogP contribution in [0.2, 0.25) is 0 Å². The fraction of sp³-hybridized carbons (Fsp3) is 0.269. The van der Waals surface area contributed by atoms with Crippen molar-refractivity contribution < 1.29 is 9.59 Å². The molecule has 0 atom stereocenters. The summed E-state index contributed by atoms with van der Waals surface area (Å²) in [7, 11) is 0. The van der Waals surface area contributed by atoms with E-state index in [-0.39, 0.29) is 11.8 Å². The third-order valence-electron chi connectivity index (χ3n) is 5.31. The summed E-state index contributed by atoms with van der Waals surface area (Å²) in [5, 5.41) is 9.12. The van der Waals surface area contributed by atoms with E-state index in [1.54, 1.807) is 42.7 Å². The molecule has 3 aromatic rings. The first-order valence-corrected chi connectivity index (χ1v) is 11.3. The molecule has 0 spiro atoms. The van der Waals surface area contributed by atoms with Crippen LogP contribution in [0.4, 0.5) is 17.1 Å². The summed E-state index contributed by atoms with van der Waals surface area (Å²) in [5.74, 6) is -0.300. The van der Waals surface area contributed by atoms with Crippen LogP contribution in [-0.4, -0.2) is 47.9 Å². The van der Waals surface area contributed by atoms with Crippen LogP contribution in [0.3, 0.4) is 0 Å². The van der Waals surface area contributed by atoms with Gasteiger partial charge in [-0.2, -0.15) is 0 Å². The van der Waals surface area contributed by atoms with Crippen molar-refractivity contribution in [3.05, 3.63) is 84.2 Å². The zero-order valence-electron chi connectivity index (χ0n) is 19.2. The number of hydrogen-bond acceptors (Lipinski definition) is 5. The summed E-state index contributed by atoms with van der Waals surface area (Å²) in [5.41, 5.74) is 3.34. The van der Waals surface area contributed by atoms with Crippen molar-refractivity contribution in [1.29, 1.82) is 0 Å². The van der Waals surface area contributed by atoms with Gasteiger partial charge in [-0.3, -0.25) is 14.6 Å². The zero-order valence-corrected chi connectivity index (χ0v) is 19.2. The summed E-state index contributed by atoms with van der Waals surface area (Å²) >= 11 is 0. The average molecular weight is 446 g/mol. The van der Waals surface area contributed by atoms with Gasteiger partial charge in [-0.25, -0.2) is 0 Å². The molecule has 7 nitrogen and oxygen atoms in total. The second-order valence-electron chi connectivity index (χ2n) is 7.61. The van der Waals surface area contributed by atoms with Gasteiger partial charge in [-0.1, -0.05) is 26.0 Å². The Bertz CT molecular complexity index is 1050. The second kappa shape index (κ2) is 12.4. The molecule has 3 N–H and O–H groups in total. The first-order chi connectivity index (χ1) is 16.1. The van der Waals surface area contributed by atoms with Crippen LogP contribution in [0, 0.1) is 0 Å². The molecule has 0 saturated heterocycles. The van der Waals surface area contributed by atoms with Gasteiger partial charge in [0.2, 0.25) is 0 Å². The van der Waals surface area contributed by atoms with Gasteiger partial charge in [0.25, 0.3) is 11.8 Å². The third-order valence-corrected chi connectivity index (χ3v) is 5.31. The molecular weight excluding hydrogens is 414 g/mol. The van der Waals surface area contributed by atoms with Crippen molar-refractivity contribution in [2.45, 2.75) is 20.3 Å². The Morgan fingerprint density at radius 3 is 2.03 bits per heavy atom. The maximum atomic E-state index is 12.6. The largest absolute Gasteiger partial charge is 0.355 e. The van der Waals surface area contributed by atoms with E-state index in [2.05, 4.69) is 39.7 Å². The highest BCUT2D eigenvalue weighted by Crippen LogP contribution is 2.20. The van der Waals surface area contributed by atoms with Gasteiger partial charge >= 0.3 is 0 Å². The molecule has 1 aromatic heterocycles. The molecule has 2 amide bonds. The molecular formula is C26H31N5O2. The predicted molar refractivity (Wildman–Crippen MR) is 133 cm³/mol. The highest BCUT2D eigenvalue weighted by Gasteiger charge is 2.09. The molecule has 3 rings (SSSR count). The fourth-order valence-corrected chi connectivity index (χ4v) is 3.43. The number of carbonyl (C=O) groups is 2. The van der Waals surface area contributed by atoms with Crippen LogP contribution in [0.25, 0.3) is 0 Å². The van der Waals surface area contributed by atoms with Crippen LogP contribution < -0.4 is 16.0 Å². The lowest BCUT2D eigenvalue weighted by molar-refractivity contribution is 0.0951. The topological polar surface area (TPSA) is 86.4 Å². The Morgan fingerprint density at radius 1 is 0.818 bits per heavy atom. The molecule has 0 radical (unpaired) electrons. The monoisotopic (exact) mass is 445 g/mol. The number of aromatic nitrogens is 1. The van der Waals surface area contributed by atoms with Crippen molar-refractivity contribution in [2.75, 3.05) is 36.8 Å². The minimum absolute atomic E-state index is 0.0938. The van der Waals surface area contributed by atoms with Crippen LogP contribution in [0.1, 0.15) is 41.0 Å². The summed E-state index contributed by atoms with van der Waals surface area (Å²) in [6.07, 6.45) is 4.17. The normalized spacial score (nSPS) is 10.6. The molecule has 33 heavy (non-hydrogen) atoms. The number of anilines is 3. The van der Waals surface area contributed by atoms with E-state index in [1.165, 1.54) is 0 Å². The van der Waals surface area contributed by atoms with Crippen molar-refractivity contribution in [1.82, 2.24) is 15.2 Å². The van der Waals surface area contributed by atoms with Crippen molar-refractivity contribution in [2.24, 2.45) is 0 Å². The number of hydrogen-bond donors (Lipinski definition) is 3. The quantitative estimate of drug-likeness (QED) is 0.377. The molecule has 0 unspecified atom stereocenters. The van der Waals surface area contributed by atoms with E-state index in [1.807, 2.05) is 30.3 Å². The molecule has 0 saturated carbocycles. The van der Waals surface area contributed by atoms with Gasteiger partial charge in [-0.05, 0) is 74.6 Å². The molecule has 172 valence electrons. The molecule has 7 heteroatoms. The van der Waals surface area contributed by atoms with E-state index in [4.69, 9.17) is 0 Å². The van der Waals surface area contributed by atoms with Crippen molar-refractivity contribution in [3.8, 4) is 0 Å². The summed E-state index contributed by atoms with van der Waals surface area (Å²) in [4.78, 5) is 31.4. The van der Waals surface area contributed by atoms with Crippen LogP contribution >= 0.6 is 0 Å². The lowest BCUT2D eigenvalue weighted by atomic mass is 10.1. The van der Waals surface area contributed by atoms with Gasteiger partial charge in [0.15, 0.2) is 0 Å². The van der Waals surface area contributed by atoms with Gasteiger partial charge in [0, 0.05) is 47.1 Å². The molecule has 0 aliphatic heterocycles. The number of nitrogens with one attached hydrogen (secondary N) is 3. The van der Waals surface area contributed by atoms with Crippen molar-refractivity contribution >= 4 is 28.9 Å². The average Bonchev–Trinajstić information content (AvgIpc) is 2.85. The summed E-state index contributed by atoms with van der Waals surface area (Å²) < 4.78 is 0. The van der Waals surface area contributed by atoms with E-state index in [0.717, 1.165) is 37.4 Å². The predicted octanol–water partition coefficient (Wildman–Crippen LogP) is 4.54. The second-order valence-corrected chi connectivity index (χ2v) is 7.61. The highest BCUT2D eigenvalue weighted by molar-refractivity contribution is 6.04. The maximum absolute atomic E-state index is 12.6. The summed E-state index contributed by atoms with van der Waals surface area (Å²) in [6.45, 7) is 7.93. The van der Waals surface area contributed by atoms with Crippen LogP contribution in [0.5, 0.6) is 0 Å². The Balaban J connectivity index is 1.58. The number of amides is 2. The molecule has 0 aliphatic rings.